The van der Waals surface area contributed by atoms with E-state index < -0.39 is 31.4 Å². The van der Waals surface area contributed by atoms with E-state index in [0.29, 0.717) is 23.5 Å². The van der Waals surface area contributed by atoms with Crippen LogP contribution in [0.2, 0.25) is 0 Å². The Morgan fingerprint density at radius 3 is 2.71 bits per heavy atom. The number of fused-ring (bicyclic) bond motifs is 2. The molecule has 1 aliphatic carbocycles. The second-order valence-electron chi connectivity index (χ2n) is 16.6. The number of ether oxygens (including phenoxy) is 3. The van der Waals surface area contributed by atoms with E-state index in [-0.39, 0.29) is 53.5 Å². The molecule has 308 valence electrons. The SMILES string of the molecule is Cc1ccccc1C1CCCN1C1CC2(C1)CN(c1ccc(C(=O)NS(=O)(=O)c3cc4c(c([N+](=O)[O-])c3)NC(COC(C)C)CO4)c(Oc3cnc4[nH]ccc4c3)c1)C2. The fraction of sp³-hybridized carbons (Fsp3) is 0.395. The van der Waals surface area contributed by atoms with Gasteiger partial charge < -0.3 is 29.4 Å². The van der Waals surface area contributed by atoms with Crippen LogP contribution < -0.4 is 24.4 Å². The maximum Gasteiger partial charge on any atom is 0.297 e. The number of nitro groups is 1. The third-order valence-electron chi connectivity index (χ3n) is 12.1. The number of rotatable bonds is 12. The average Bonchev–Trinajstić information content (AvgIpc) is 3.85. The van der Waals surface area contributed by atoms with E-state index >= 15 is 0 Å². The number of carbonyl (C=O) groups is 1. The summed E-state index contributed by atoms with van der Waals surface area (Å²) in [6, 6.07) is 20.1. The lowest BCUT2D eigenvalue weighted by Crippen LogP contribution is -2.66. The van der Waals surface area contributed by atoms with Gasteiger partial charge in [0.25, 0.3) is 21.6 Å². The number of carbonyl (C=O) groups excluding carboxylic acids is 1. The number of nitro benzene ring substituents is 1. The number of nitrogens with zero attached hydrogens (tertiary/aromatic N) is 4. The Labute approximate surface area is 342 Å². The van der Waals surface area contributed by atoms with Gasteiger partial charge in [0.05, 0.1) is 40.3 Å². The van der Waals surface area contributed by atoms with Crippen molar-refractivity contribution in [3.8, 4) is 17.2 Å². The molecule has 3 aromatic carbocycles. The second-order valence-corrected chi connectivity index (χ2v) is 18.3. The Bertz CT molecular complexity index is 2550. The van der Waals surface area contributed by atoms with Crippen molar-refractivity contribution in [2.45, 2.75) is 75.6 Å². The number of nitrogens with one attached hydrogen (secondary N) is 3. The molecule has 1 spiro atoms. The smallest absolute Gasteiger partial charge is 0.297 e. The number of benzene rings is 3. The minimum absolute atomic E-state index is 0.0227. The zero-order valence-electron chi connectivity index (χ0n) is 33.1. The lowest BCUT2D eigenvalue weighted by Gasteiger charge is -2.62. The molecule has 3 N–H and O–H groups in total. The molecule has 4 aliphatic rings. The standard InChI is InChI=1S/C43H47N7O8S/c1-26(2)56-22-29-23-57-39-18-33(17-37(50(52)53)40(39)46-29)59(54,55)47-42(51)35-11-10-30(16-38(35)58-32-15-28-12-13-44-41(28)45-21-32)48-24-43(25-48)19-31(20-43)49-14-6-9-36(49)34-8-5-4-7-27(34)3/h4-5,7-8,10-13,15-18,21,26,29,31,36,46H,6,9,14,19-20,22-25H2,1-3H3,(H,44,45)(H,47,51). The molecule has 59 heavy (non-hydrogen) atoms. The minimum Gasteiger partial charge on any atom is -0.489 e. The van der Waals surface area contributed by atoms with E-state index in [1.165, 1.54) is 36.2 Å². The highest BCUT2D eigenvalue weighted by molar-refractivity contribution is 7.90. The van der Waals surface area contributed by atoms with Crippen LogP contribution in [0.1, 0.15) is 67.1 Å². The van der Waals surface area contributed by atoms with Crippen molar-refractivity contribution in [3.05, 3.63) is 106 Å². The molecule has 1 saturated carbocycles. The summed E-state index contributed by atoms with van der Waals surface area (Å²) < 4.78 is 47.4. The number of amides is 1. The molecule has 5 aromatic rings. The Hall–Kier alpha value is -5.71. The zero-order valence-corrected chi connectivity index (χ0v) is 34.0. The molecule has 2 unspecified atom stereocenters. The third-order valence-corrected chi connectivity index (χ3v) is 13.4. The highest BCUT2D eigenvalue weighted by atomic mass is 32.2. The van der Waals surface area contributed by atoms with Crippen LogP contribution in [0.25, 0.3) is 11.0 Å². The number of hydrogen-bond acceptors (Lipinski definition) is 12. The normalized spacial score (nSPS) is 20.1. The van der Waals surface area contributed by atoms with Crippen LogP contribution in [-0.2, 0) is 14.8 Å². The molecule has 3 aliphatic heterocycles. The average molecular weight is 822 g/mol. The first-order chi connectivity index (χ1) is 28.3. The lowest BCUT2D eigenvalue weighted by atomic mass is 9.60. The van der Waals surface area contributed by atoms with Crippen LogP contribution in [-0.4, -0.2) is 85.2 Å². The highest BCUT2D eigenvalue weighted by Crippen LogP contribution is 2.54. The Morgan fingerprint density at radius 2 is 1.93 bits per heavy atom. The van der Waals surface area contributed by atoms with Gasteiger partial charge in [0.1, 0.15) is 23.8 Å². The number of aromatic nitrogens is 2. The minimum atomic E-state index is -4.63. The molecule has 0 bridgehead atoms. The summed E-state index contributed by atoms with van der Waals surface area (Å²) >= 11 is 0. The Morgan fingerprint density at radius 1 is 1.12 bits per heavy atom. The summed E-state index contributed by atoms with van der Waals surface area (Å²) in [6.45, 7) is 9.12. The molecular formula is C43H47N7O8S. The number of pyridine rings is 1. The quantitative estimate of drug-likeness (QED) is 0.0860. The molecule has 2 atom stereocenters. The van der Waals surface area contributed by atoms with Gasteiger partial charge in [0, 0.05) is 66.1 Å². The summed E-state index contributed by atoms with van der Waals surface area (Å²) in [5.41, 5.74) is 4.00. The molecule has 2 aromatic heterocycles. The molecular weight excluding hydrogens is 775 g/mol. The van der Waals surface area contributed by atoms with E-state index in [1.807, 2.05) is 19.9 Å². The molecule has 0 radical (unpaired) electrons. The number of likely N-dealkylation sites (tertiary alicyclic amines) is 1. The fourth-order valence-corrected chi connectivity index (χ4v) is 10.2. The molecule has 9 rings (SSSR count). The zero-order chi connectivity index (χ0) is 41.1. The monoisotopic (exact) mass is 821 g/mol. The maximum atomic E-state index is 13.9. The first-order valence-electron chi connectivity index (χ1n) is 20.1. The summed E-state index contributed by atoms with van der Waals surface area (Å²) in [4.78, 5) is 37.3. The van der Waals surface area contributed by atoms with Gasteiger partial charge >= 0.3 is 0 Å². The molecule has 16 heteroatoms. The van der Waals surface area contributed by atoms with Gasteiger partial charge in [-0.25, -0.2) is 18.1 Å². The van der Waals surface area contributed by atoms with Crippen LogP contribution in [0.3, 0.4) is 0 Å². The number of H-pyrrole nitrogens is 1. The van der Waals surface area contributed by atoms with E-state index in [2.05, 4.69) is 61.0 Å². The lowest BCUT2D eigenvalue weighted by molar-refractivity contribution is -0.384. The van der Waals surface area contributed by atoms with Gasteiger partial charge in [0.15, 0.2) is 11.4 Å². The first kappa shape index (κ1) is 38.8. The highest BCUT2D eigenvalue weighted by Gasteiger charge is 2.55. The second kappa shape index (κ2) is 15.1. The largest absolute Gasteiger partial charge is 0.489 e. The number of sulfonamides is 1. The Balaban J connectivity index is 0.935. The van der Waals surface area contributed by atoms with E-state index in [9.17, 15) is 23.3 Å². The van der Waals surface area contributed by atoms with E-state index in [1.54, 1.807) is 30.5 Å². The fourth-order valence-electron chi connectivity index (χ4n) is 9.19. The Kier molecular flexibility index (Phi) is 9.96. The number of hydrogen-bond donors (Lipinski definition) is 3. The number of anilines is 2. The maximum absolute atomic E-state index is 13.9. The number of aromatic amines is 1. The van der Waals surface area contributed by atoms with E-state index in [4.69, 9.17) is 14.2 Å². The van der Waals surface area contributed by atoms with Gasteiger partial charge in [-0.3, -0.25) is 19.8 Å². The predicted octanol–water partition coefficient (Wildman–Crippen LogP) is 7.09. The van der Waals surface area contributed by atoms with Crippen LogP contribution in [0.4, 0.5) is 17.1 Å². The summed E-state index contributed by atoms with van der Waals surface area (Å²) in [6.07, 6.45) is 7.88. The van der Waals surface area contributed by atoms with Gasteiger partial charge in [0.2, 0.25) is 0 Å². The molecule has 1 amide bonds. The summed E-state index contributed by atoms with van der Waals surface area (Å²) in [7, 11) is -4.63. The number of aryl methyl sites for hydroxylation is 1. The van der Waals surface area contributed by atoms with Gasteiger partial charge in [-0.05, 0) is 88.4 Å². The van der Waals surface area contributed by atoms with Crippen LogP contribution in [0, 0.1) is 22.5 Å². The van der Waals surface area contributed by atoms with Crippen LogP contribution in [0.15, 0.2) is 84.0 Å². The van der Waals surface area contributed by atoms with Gasteiger partial charge in [-0.2, -0.15) is 0 Å². The van der Waals surface area contributed by atoms with E-state index in [0.717, 1.165) is 49.6 Å². The van der Waals surface area contributed by atoms with Crippen LogP contribution in [0.5, 0.6) is 17.2 Å². The summed E-state index contributed by atoms with van der Waals surface area (Å²) in [5, 5.41) is 16.0. The molecule has 2 saturated heterocycles. The third kappa shape index (κ3) is 7.56. The molecule has 15 nitrogen and oxygen atoms in total. The predicted molar refractivity (Wildman–Crippen MR) is 222 cm³/mol. The summed E-state index contributed by atoms with van der Waals surface area (Å²) in [5.74, 6) is -0.501. The van der Waals surface area contributed by atoms with Crippen molar-refractivity contribution in [1.82, 2.24) is 19.6 Å². The van der Waals surface area contributed by atoms with Crippen molar-refractivity contribution in [2.75, 3.05) is 43.1 Å². The van der Waals surface area contributed by atoms with Crippen molar-refractivity contribution in [1.29, 1.82) is 0 Å². The van der Waals surface area contributed by atoms with Crippen LogP contribution >= 0.6 is 0 Å². The topological polar surface area (TPSA) is 181 Å². The molecule has 3 fully saturated rings. The van der Waals surface area contributed by atoms with Gasteiger partial charge in [-0.15, -0.1) is 0 Å². The first-order valence-corrected chi connectivity index (χ1v) is 21.5. The van der Waals surface area contributed by atoms with Crippen molar-refractivity contribution in [3.63, 3.8) is 0 Å². The van der Waals surface area contributed by atoms with Gasteiger partial charge in [-0.1, -0.05) is 24.3 Å². The van der Waals surface area contributed by atoms with Crippen molar-refractivity contribution in [2.24, 2.45) is 5.41 Å². The van der Waals surface area contributed by atoms with Crippen molar-refractivity contribution >= 4 is 44.0 Å². The van der Waals surface area contributed by atoms with Crippen molar-refractivity contribution < 1.29 is 32.3 Å². The molecule has 5 heterocycles.